The van der Waals surface area contributed by atoms with Crippen molar-refractivity contribution in [2.24, 2.45) is 0 Å². The number of nitrogens with zero attached hydrogens (tertiary/aromatic N) is 2. The highest BCUT2D eigenvalue weighted by Gasteiger charge is 2.35. The molecule has 1 atom stereocenters. The van der Waals surface area contributed by atoms with E-state index in [1.54, 1.807) is 0 Å². The zero-order valence-electron chi connectivity index (χ0n) is 11.8. The van der Waals surface area contributed by atoms with Crippen molar-refractivity contribution in [3.8, 4) is 0 Å². The van der Waals surface area contributed by atoms with Gasteiger partial charge in [-0.2, -0.15) is 0 Å². The molecule has 1 aliphatic rings. The van der Waals surface area contributed by atoms with Crippen LogP contribution < -0.4 is 0 Å². The van der Waals surface area contributed by atoms with Crippen molar-refractivity contribution < 1.29 is 9.53 Å². The van der Waals surface area contributed by atoms with Crippen LogP contribution in [0.5, 0.6) is 0 Å². The van der Waals surface area contributed by atoms with Gasteiger partial charge < -0.3 is 14.5 Å². The average molecular weight is 242 g/mol. The molecule has 1 rings (SSSR count). The van der Waals surface area contributed by atoms with Gasteiger partial charge in [-0.05, 0) is 40.3 Å². The molecule has 0 spiro atoms. The monoisotopic (exact) mass is 242 g/mol. The minimum absolute atomic E-state index is 0.166. The molecule has 4 heteroatoms. The Bertz CT molecular complexity index is 257. The van der Waals surface area contributed by atoms with Crippen LogP contribution in [-0.4, -0.2) is 53.7 Å². The number of hydrogen-bond donors (Lipinski definition) is 0. The Morgan fingerprint density at radius 1 is 1.35 bits per heavy atom. The smallest absolute Gasteiger partial charge is 0.410 e. The summed E-state index contributed by atoms with van der Waals surface area (Å²) in [5.41, 5.74) is -0.396. The molecular formula is C13H26N2O2. The molecule has 1 heterocycles. The van der Waals surface area contributed by atoms with Crippen molar-refractivity contribution in [1.82, 2.24) is 9.80 Å². The largest absolute Gasteiger partial charge is 0.444 e. The molecule has 1 amide bonds. The highest BCUT2D eigenvalue weighted by Crippen LogP contribution is 2.21. The Balaban J connectivity index is 2.43. The molecule has 0 aromatic rings. The lowest BCUT2D eigenvalue weighted by Gasteiger charge is -2.43. The van der Waals surface area contributed by atoms with Crippen LogP contribution in [0.2, 0.25) is 0 Å². The normalized spacial score (nSPS) is 20.4. The fourth-order valence-electron chi connectivity index (χ4n) is 1.97. The molecule has 1 aliphatic heterocycles. The lowest BCUT2D eigenvalue weighted by Crippen LogP contribution is -2.56. The zero-order valence-corrected chi connectivity index (χ0v) is 11.8. The first-order chi connectivity index (χ1) is 7.87. The van der Waals surface area contributed by atoms with E-state index in [0.717, 1.165) is 32.6 Å². The zero-order chi connectivity index (χ0) is 13.1. The number of hydrogen-bond acceptors (Lipinski definition) is 3. The molecule has 4 nitrogen and oxygen atoms in total. The highest BCUT2D eigenvalue weighted by atomic mass is 16.6. The summed E-state index contributed by atoms with van der Waals surface area (Å²) in [6, 6.07) is 0.338. The van der Waals surface area contributed by atoms with Gasteiger partial charge in [0.25, 0.3) is 0 Å². The predicted molar refractivity (Wildman–Crippen MR) is 69.1 cm³/mol. The van der Waals surface area contributed by atoms with Crippen LogP contribution in [0, 0.1) is 0 Å². The minimum atomic E-state index is -0.396. The lowest BCUT2D eigenvalue weighted by molar-refractivity contribution is -0.0114. The summed E-state index contributed by atoms with van der Waals surface area (Å²) < 4.78 is 5.39. The molecule has 17 heavy (non-hydrogen) atoms. The SMILES string of the molecule is CCN(CC)CC1CCN1C(=O)OC(C)(C)C. The molecule has 0 N–H and O–H groups in total. The molecule has 0 aromatic heterocycles. The third kappa shape index (κ3) is 4.19. The summed E-state index contributed by atoms with van der Waals surface area (Å²) in [6.07, 6.45) is 0.927. The highest BCUT2D eigenvalue weighted by molar-refractivity contribution is 5.69. The van der Waals surface area contributed by atoms with Crippen LogP contribution in [0.4, 0.5) is 4.79 Å². The van der Waals surface area contributed by atoms with Gasteiger partial charge in [0, 0.05) is 19.1 Å². The average Bonchev–Trinajstić information content (AvgIpc) is 2.14. The van der Waals surface area contributed by atoms with E-state index in [1.165, 1.54) is 0 Å². The van der Waals surface area contributed by atoms with E-state index in [9.17, 15) is 4.79 Å². The lowest BCUT2D eigenvalue weighted by atomic mass is 10.0. The van der Waals surface area contributed by atoms with Crippen molar-refractivity contribution in [2.75, 3.05) is 26.2 Å². The maximum atomic E-state index is 11.9. The van der Waals surface area contributed by atoms with Crippen molar-refractivity contribution in [2.45, 2.75) is 52.7 Å². The van der Waals surface area contributed by atoms with Crippen LogP contribution in [0.25, 0.3) is 0 Å². The molecule has 0 radical (unpaired) electrons. The summed E-state index contributed by atoms with van der Waals surface area (Å²) in [4.78, 5) is 16.1. The number of carbonyl (C=O) groups excluding carboxylic acids is 1. The van der Waals surface area contributed by atoms with Crippen molar-refractivity contribution in [1.29, 1.82) is 0 Å². The van der Waals surface area contributed by atoms with Gasteiger partial charge in [0.15, 0.2) is 0 Å². The number of ether oxygens (including phenoxy) is 1. The third-order valence-corrected chi connectivity index (χ3v) is 3.14. The summed E-state index contributed by atoms with van der Waals surface area (Å²) >= 11 is 0. The van der Waals surface area contributed by atoms with Crippen molar-refractivity contribution in [3.05, 3.63) is 0 Å². The van der Waals surface area contributed by atoms with Crippen LogP contribution in [-0.2, 0) is 4.74 Å². The molecule has 0 saturated carbocycles. The standard InChI is InChI=1S/C13H26N2O2/c1-6-14(7-2)10-11-8-9-15(11)12(16)17-13(3,4)5/h11H,6-10H2,1-5H3. The summed E-state index contributed by atoms with van der Waals surface area (Å²) in [5.74, 6) is 0. The van der Waals surface area contributed by atoms with Gasteiger partial charge in [0.2, 0.25) is 0 Å². The fourth-order valence-corrected chi connectivity index (χ4v) is 1.97. The molecule has 0 aromatic carbocycles. The second-order valence-corrected chi connectivity index (χ2v) is 5.60. The first-order valence-electron chi connectivity index (χ1n) is 6.59. The summed E-state index contributed by atoms with van der Waals surface area (Å²) in [6.45, 7) is 13.9. The van der Waals surface area contributed by atoms with E-state index in [4.69, 9.17) is 4.74 Å². The Kier molecular flexibility index (Phi) is 4.80. The van der Waals surface area contributed by atoms with E-state index in [-0.39, 0.29) is 6.09 Å². The topological polar surface area (TPSA) is 32.8 Å². The molecule has 0 bridgehead atoms. The van der Waals surface area contributed by atoms with Crippen LogP contribution >= 0.6 is 0 Å². The number of amides is 1. The second kappa shape index (κ2) is 5.71. The number of likely N-dealkylation sites (tertiary alicyclic amines) is 1. The second-order valence-electron chi connectivity index (χ2n) is 5.60. The molecule has 1 unspecified atom stereocenters. The van der Waals surface area contributed by atoms with Crippen LogP contribution in [0.1, 0.15) is 41.0 Å². The number of carbonyl (C=O) groups is 1. The van der Waals surface area contributed by atoms with Gasteiger partial charge >= 0.3 is 6.09 Å². The molecular weight excluding hydrogens is 216 g/mol. The van der Waals surface area contributed by atoms with Crippen molar-refractivity contribution >= 4 is 6.09 Å². The molecule has 1 fully saturated rings. The van der Waals surface area contributed by atoms with Gasteiger partial charge in [-0.1, -0.05) is 13.8 Å². The Labute approximate surface area is 105 Å². The Morgan fingerprint density at radius 2 is 1.94 bits per heavy atom. The molecule has 0 aliphatic carbocycles. The van der Waals surface area contributed by atoms with Crippen LogP contribution in [0.15, 0.2) is 0 Å². The van der Waals surface area contributed by atoms with Crippen LogP contribution in [0.3, 0.4) is 0 Å². The van der Waals surface area contributed by atoms with Gasteiger partial charge in [0.05, 0.1) is 0 Å². The molecule has 100 valence electrons. The Hall–Kier alpha value is -0.770. The molecule has 1 saturated heterocycles. The van der Waals surface area contributed by atoms with Gasteiger partial charge in [-0.25, -0.2) is 4.79 Å². The number of rotatable bonds is 4. The van der Waals surface area contributed by atoms with Crippen molar-refractivity contribution in [3.63, 3.8) is 0 Å². The summed E-state index contributed by atoms with van der Waals surface area (Å²) in [5, 5.41) is 0. The predicted octanol–water partition coefficient (Wildman–Crippen LogP) is 2.34. The van der Waals surface area contributed by atoms with E-state index in [1.807, 2.05) is 25.7 Å². The van der Waals surface area contributed by atoms with Gasteiger partial charge in [0.1, 0.15) is 5.60 Å². The van der Waals surface area contributed by atoms with E-state index in [2.05, 4.69) is 18.7 Å². The maximum absolute atomic E-state index is 11.9. The summed E-state index contributed by atoms with van der Waals surface area (Å²) in [7, 11) is 0. The first kappa shape index (κ1) is 14.3. The fraction of sp³-hybridized carbons (Fsp3) is 0.923. The minimum Gasteiger partial charge on any atom is -0.444 e. The first-order valence-corrected chi connectivity index (χ1v) is 6.59. The number of likely N-dealkylation sites (N-methyl/N-ethyl adjacent to an activating group) is 1. The van der Waals surface area contributed by atoms with E-state index < -0.39 is 5.60 Å². The quantitative estimate of drug-likeness (QED) is 0.758. The van der Waals surface area contributed by atoms with E-state index >= 15 is 0 Å². The third-order valence-electron chi connectivity index (χ3n) is 3.14. The van der Waals surface area contributed by atoms with E-state index in [0.29, 0.717) is 6.04 Å². The Morgan fingerprint density at radius 3 is 2.29 bits per heavy atom. The van der Waals surface area contributed by atoms with Gasteiger partial charge in [-0.3, -0.25) is 0 Å². The maximum Gasteiger partial charge on any atom is 0.410 e. The van der Waals surface area contributed by atoms with Gasteiger partial charge in [-0.15, -0.1) is 0 Å².